The Bertz CT molecular complexity index is 7240. The van der Waals surface area contributed by atoms with Crippen LogP contribution in [0.1, 0.15) is 77.5 Å². The van der Waals surface area contributed by atoms with Crippen LogP contribution < -0.4 is 26.0 Å². The van der Waals surface area contributed by atoms with Crippen LogP contribution in [-0.4, -0.2) is 167 Å². The van der Waals surface area contributed by atoms with Gasteiger partial charge in [0.05, 0.1) is 120 Å². The van der Waals surface area contributed by atoms with Crippen molar-refractivity contribution in [1.29, 1.82) is 0 Å². The Morgan fingerprint density at radius 3 is 1.08 bits per heavy atom. The maximum absolute atomic E-state index is 13.9. The second-order valence-electron chi connectivity index (χ2n) is 25.8. The van der Waals surface area contributed by atoms with Gasteiger partial charge in [-0.15, -0.1) is 34.0 Å². The highest BCUT2D eigenvalue weighted by Crippen LogP contribution is 2.34. The van der Waals surface area contributed by atoms with Crippen molar-refractivity contribution >= 4 is 194 Å². The number of sulfonamides is 1. The summed E-state index contributed by atoms with van der Waals surface area (Å²) < 4.78 is 127. The highest BCUT2D eigenvalue weighted by Gasteiger charge is 2.30. The lowest BCUT2D eigenvalue weighted by molar-refractivity contribution is -0.399. The SMILES string of the molecule is CF.COC(=O)Nc1nc2c(-c3ccnc(F)c3)cc(C(=O)c3cccs3)cc2[nH]1.COC(=O)Nc1nc2ccc(C(=O)c3cc([N+](=O)[O-])c(F)c([N+](=O)[O-])c3)cc2[nH]1.COC(=O)Nc1nc2ccc(C(=O)c3cccs3)cc2[nH]1.COC(=O)Nc1nc2ccc(C(=O)c3ccnc(F)c3)cc2[nH]1.FF.FF.O=C(c1ccc2nc(NS(=O)(=O)c3ccccc3)[nH]c2c1)c1cccs1. The van der Waals surface area contributed by atoms with Gasteiger partial charge in [0.25, 0.3) is 15.8 Å². The third-order valence-electron chi connectivity index (χ3n) is 17.7. The Morgan fingerprint density at radius 2 is 0.707 bits per heavy atom. The highest BCUT2D eigenvalue weighted by atomic mass is 32.2. The van der Waals surface area contributed by atoms with E-state index in [4.69, 9.17) is 18.3 Å². The number of nitro groups is 2. The van der Waals surface area contributed by atoms with Crippen molar-refractivity contribution in [2.45, 2.75) is 4.90 Å². The minimum Gasteiger partial charge on any atom is -0.453 e. The van der Waals surface area contributed by atoms with Crippen LogP contribution in [0.25, 0.3) is 66.3 Å². The average molecular weight is 1910 g/mol. The van der Waals surface area contributed by atoms with Gasteiger partial charge in [-0.2, -0.15) is 13.2 Å². The third-order valence-corrected chi connectivity index (χ3v) is 21.6. The first-order chi connectivity index (χ1) is 64.0. The summed E-state index contributed by atoms with van der Waals surface area (Å²) in [6, 6.07) is 47.8. The Labute approximate surface area is 751 Å². The number of nitrogens with one attached hydrogen (secondary N) is 10. The van der Waals surface area contributed by atoms with E-state index in [1.165, 1.54) is 110 Å². The first-order valence-corrected chi connectivity index (χ1v) is 41.0. The lowest BCUT2D eigenvalue weighted by atomic mass is 9.99. The lowest BCUT2D eigenvalue weighted by Crippen LogP contribution is -2.13. The van der Waals surface area contributed by atoms with Crippen LogP contribution in [0.5, 0.6) is 0 Å². The predicted octanol–water partition coefficient (Wildman–Crippen LogP) is 18.6. The minimum absolute atomic E-state index is 0.000900. The molecule has 10 heterocycles. The number of halogens is 8. The van der Waals surface area contributed by atoms with E-state index in [-0.39, 0.29) is 68.9 Å². The number of nitrogens with zero attached hydrogens (tertiary/aromatic N) is 9. The number of aromatic nitrogens is 12. The summed E-state index contributed by atoms with van der Waals surface area (Å²) in [5, 5.41) is 37.1. The number of rotatable bonds is 20. The normalized spacial score (nSPS) is 10.4. The second-order valence-corrected chi connectivity index (χ2v) is 30.3. The van der Waals surface area contributed by atoms with Crippen LogP contribution in [0.4, 0.5) is 96.2 Å². The van der Waals surface area contributed by atoms with Gasteiger partial charge in [-0.3, -0.25) is 69.9 Å². The summed E-state index contributed by atoms with van der Waals surface area (Å²) in [4.78, 5) is 172. The molecule has 50 heteroatoms. The number of ether oxygens (including phenoxy) is 4. The standard InChI is InChI=1S/C19H13FN4O3S.C18H13N3O3S2.C16H10FN5O7.C15H11FN4O3.C14H11N3O3S.CH3F.2F2/c1-27-19(26)24-18-22-13-8-11(17(25)14-3-2-6-28-14)7-12(16(13)23-18)10-4-5-21-15(20)9-10;22-17(16-7-4-10-25-16)12-8-9-14-15(11-12)20-18(19-14)21-26(23,24)13-5-2-1-3-6-13;1-29-16(24)20-15-18-9-3-2-7(4-10(9)19-15)14(23)8-5-11(21(25)26)13(17)12(6-8)22(27)28;1-23-15(22)20-14-18-10-3-2-8(6-11(10)19-14)13(21)9-4-5-17-12(16)7-9;1-20-14(19)17-13-15-9-5-4-8(7-10(9)16-13)12(18)11-3-2-6-21-11;3*1-2/h2-9H,1H3,(H2,22,23,24,26);1-11H,(H2,19,20,21);2-6H,1H3,(H2,18,19,20,24);2-7H,1H3,(H2,18,19,20,22);2-7H,1H3,(H2,15,16,17,19);1H3;;. The molecule has 0 aliphatic heterocycles. The molecule has 0 bridgehead atoms. The van der Waals surface area contributed by atoms with Gasteiger partial charge in [0, 0.05) is 99.5 Å². The van der Waals surface area contributed by atoms with Gasteiger partial charge < -0.3 is 43.9 Å². The highest BCUT2D eigenvalue weighted by molar-refractivity contribution is 7.92. The molecule has 7 aromatic carbocycles. The summed E-state index contributed by atoms with van der Waals surface area (Å²) in [5.74, 6) is -3.67. The number of alkyl halides is 1. The zero-order valence-electron chi connectivity index (χ0n) is 68.2. The first kappa shape index (κ1) is 97.9. The largest absolute Gasteiger partial charge is 0.453 e. The molecule has 17 aromatic rings. The van der Waals surface area contributed by atoms with Crippen LogP contribution in [0, 0.1) is 37.9 Å². The quantitative estimate of drug-likeness (QED) is 0.00846. The summed E-state index contributed by atoms with van der Waals surface area (Å²) in [7, 11) is 1.68. The molecule has 0 atom stereocenters. The first-order valence-electron chi connectivity index (χ1n) is 36.9. The number of pyridine rings is 2. The number of anilines is 5. The molecule has 38 nitrogen and oxygen atoms in total. The van der Waals surface area contributed by atoms with Gasteiger partial charge >= 0.3 is 35.7 Å². The van der Waals surface area contributed by atoms with E-state index >= 15 is 0 Å². The molecule has 0 aliphatic carbocycles. The van der Waals surface area contributed by atoms with Crippen LogP contribution in [0.3, 0.4) is 0 Å². The lowest BCUT2D eigenvalue weighted by Gasteiger charge is -2.06. The average Bonchev–Trinajstić information content (AvgIpc) is 1.71. The zero-order valence-corrected chi connectivity index (χ0v) is 71.5. The molecule has 17 rings (SSSR count). The van der Waals surface area contributed by atoms with E-state index in [0.717, 1.165) is 13.2 Å². The zero-order chi connectivity index (χ0) is 96.3. The topological polar surface area (TPSA) is 540 Å². The van der Waals surface area contributed by atoms with Gasteiger partial charge in [0.1, 0.15) is 0 Å². The summed E-state index contributed by atoms with van der Waals surface area (Å²) in [6.45, 7) is 0. The molecule has 0 aliphatic rings. The molecule has 10 aromatic heterocycles. The van der Waals surface area contributed by atoms with Gasteiger partial charge in [-0.05, 0) is 149 Å². The molecule has 682 valence electrons. The fourth-order valence-corrected chi connectivity index (χ4v) is 14.9. The summed E-state index contributed by atoms with van der Waals surface area (Å²) >= 11 is 4.11. The van der Waals surface area contributed by atoms with E-state index in [1.54, 1.807) is 115 Å². The van der Waals surface area contributed by atoms with Crippen LogP contribution >= 0.6 is 34.0 Å². The number of fused-ring (bicyclic) bond motifs is 5. The van der Waals surface area contributed by atoms with Gasteiger partial charge in [0.15, 0.2) is 11.6 Å². The fraction of sp³-hybridized carbons (Fsp3) is 0.0602. The van der Waals surface area contributed by atoms with E-state index in [9.17, 15) is 89.4 Å². The minimum atomic E-state index is -3.73. The second kappa shape index (κ2) is 45.4. The fourth-order valence-electron chi connectivity index (χ4n) is 11.8. The molecule has 0 saturated carbocycles. The molecule has 0 spiro atoms. The van der Waals surface area contributed by atoms with Crippen LogP contribution in [-0.2, 0) is 29.0 Å². The van der Waals surface area contributed by atoms with E-state index in [0.29, 0.717) is 122 Å². The van der Waals surface area contributed by atoms with Crippen molar-refractivity contribution in [1.82, 2.24) is 59.8 Å². The molecule has 0 radical (unpaired) electrons. The number of nitro benzene ring substituents is 2. The Morgan fingerprint density at radius 1 is 0.376 bits per heavy atom. The maximum Gasteiger partial charge on any atom is 0.413 e. The predicted molar refractivity (Wildman–Crippen MR) is 471 cm³/mol. The van der Waals surface area contributed by atoms with Crippen molar-refractivity contribution < 1.29 is 116 Å². The number of benzene rings is 7. The number of H-pyrrole nitrogens is 5. The van der Waals surface area contributed by atoms with Crippen LogP contribution in [0.15, 0.2) is 221 Å². The molecule has 10 N–H and O–H groups in total. The molecular weight excluding hydrogens is 1850 g/mol. The van der Waals surface area contributed by atoms with Gasteiger partial charge in [-0.25, -0.2) is 67.2 Å². The summed E-state index contributed by atoms with van der Waals surface area (Å²) in [6.07, 6.45) is -0.159. The van der Waals surface area contributed by atoms with Crippen molar-refractivity contribution in [3.05, 3.63) is 308 Å². The Kier molecular flexibility index (Phi) is 33.4. The van der Waals surface area contributed by atoms with E-state index in [1.807, 2.05) is 28.3 Å². The maximum atomic E-state index is 13.9. The molecule has 4 amide bonds. The Balaban J connectivity index is 0.000000170. The molecule has 0 fully saturated rings. The molecule has 133 heavy (non-hydrogen) atoms. The molecule has 0 saturated heterocycles. The van der Waals surface area contributed by atoms with Crippen LogP contribution in [0.2, 0.25) is 0 Å². The number of carbonyl (C=O) groups is 9. The number of hydrogen-bond donors (Lipinski definition) is 10. The number of carbonyl (C=O) groups excluding carboxylic acids is 9. The molecule has 0 unspecified atom stereocenters. The number of methoxy groups -OCH3 is 4. The molecular formula is C83H61F8N19O19S4. The summed E-state index contributed by atoms with van der Waals surface area (Å²) in [5.41, 5.74) is 5.58. The third kappa shape index (κ3) is 24.7. The monoisotopic (exact) mass is 1910 g/mol. The number of amides is 4. The number of hydrogen-bond acceptors (Lipinski definition) is 29. The number of imidazole rings is 5. The number of aromatic amines is 5. The number of ketones is 5. The van der Waals surface area contributed by atoms with Crippen molar-refractivity contribution in [2.75, 3.05) is 61.6 Å². The smallest absolute Gasteiger partial charge is 0.413 e. The van der Waals surface area contributed by atoms with E-state index < -0.39 is 84.7 Å². The Hall–Kier alpha value is -17.3. The van der Waals surface area contributed by atoms with Crippen molar-refractivity contribution in [2.24, 2.45) is 0 Å². The number of thiophene rings is 3. The van der Waals surface area contributed by atoms with Gasteiger partial charge in [0.2, 0.25) is 59.0 Å². The van der Waals surface area contributed by atoms with E-state index in [2.05, 4.69) is 105 Å². The van der Waals surface area contributed by atoms with Gasteiger partial charge in [-0.1, -0.05) is 36.4 Å². The van der Waals surface area contributed by atoms with Crippen molar-refractivity contribution in [3.8, 4) is 11.1 Å². The van der Waals surface area contributed by atoms with Crippen molar-refractivity contribution in [3.63, 3.8) is 0 Å².